The number of thiophene rings is 1. The van der Waals surface area contributed by atoms with Gasteiger partial charge in [0.2, 0.25) is 0 Å². The Balaban J connectivity index is 2.38. The van der Waals surface area contributed by atoms with Crippen LogP contribution in [0.3, 0.4) is 0 Å². The fourth-order valence-corrected chi connectivity index (χ4v) is 2.75. The molecule has 15 heavy (non-hydrogen) atoms. The van der Waals surface area contributed by atoms with Gasteiger partial charge in [0.1, 0.15) is 0 Å². The lowest BCUT2D eigenvalue weighted by molar-refractivity contribution is 0.270. The van der Waals surface area contributed by atoms with Gasteiger partial charge in [-0.15, -0.1) is 11.3 Å². The lowest BCUT2D eigenvalue weighted by Gasteiger charge is -2.21. The minimum atomic E-state index is 0.602. The summed E-state index contributed by atoms with van der Waals surface area (Å²) >= 11 is 7.54. The second kappa shape index (κ2) is 6.48. The van der Waals surface area contributed by atoms with Crippen LogP contribution in [-0.4, -0.2) is 25.0 Å². The summed E-state index contributed by atoms with van der Waals surface area (Å²) in [4.78, 5) is 3.62. The van der Waals surface area contributed by atoms with Gasteiger partial charge in [0.05, 0.1) is 4.34 Å². The van der Waals surface area contributed by atoms with Gasteiger partial charge in [0, 0.05) is 18.0 Å². The predicted molar refractivity (Wildman–Crippen MR) is 68.5 cm³/mol. The molecule has 0 bridgehead atoms. The predicted octanol–water partition coefficient (Wildman–Crippen LogP) is 2.82. The van der Waals surface area contributed by atoms with Gasteiger partial charge < -0.3 is 10.6 Å². The van der Waals surface area contributed by atoms with Crippen LogP contribution in [-0.2, 0) is 6.54 Å². The van der Waals surface area contributed by atoms with Crippen LogP contribution in [0.4, 0.5) is 0 Å². The highest BCUT2D eigenvalue weighted by atomic mass is 35.5. The first-order chi connectivity index (χ1) is 7.15. The van der Waals surface area contributed by atoms with E-state index in [0.29, 0.717) is 5.92 Å². The Morgan fingerprint density at radius 3 is 2.73 bits per heavy atom. The van der Waals surface area contributed by atoms with Gasteiger partial charge in [-0.05, 0) is 31.6 Å². The van der Waals surface area contributed by atoms with E-state index >= 15 is 0 Å². The molecule has 1 heterocycles. The third-order valence-electron chi connectivity index (χ3n) is 2.54. The molecule has 0 fully saturated rings. The molecule has 1 unspecified atom stereocenters. The minimum absolute atomic E-state index is 0.602. The molecule has 0 spiro atoms. The minimum Gasteiger partial charge on any atom is -0.330 e. The fourth-order valence-electron chi connectivity index (χ4n) is 1.58. The molecular formula is C11H19ClN2S. The number of hydrogen-bond donors (Lipinski definition) is 1. The van der Waals surface area contributed by atoms with Crippen molar-refractivity contribution >= 4 is 22.9 Å². The zero-order valence-electron chi connectivity index (χ0n) is 9.37. The standard InChI is InChI=1S/C11H19ClN2S/c1-3-9(6-13)7-14(2)8-10-4-5-11(12)15-10/h4-5,9H,3,6-8,13H2,1-2H3. The Labute approximate surface area is 101 Å². The third kappa shape index (κ3) is 4.51. The lowest BCUT2D eigenvalue weighted by atomic mass is 10.1. The summed E-state index contributed by atoms with van der Waals surface area (Å²) in [6.07, 6.45) is 1.14. The van der Waals surface area contributed by atoms with Crippen molar-refractivity contribution in [3.05, 3.63) is 21.3 Å². The van der Waals surface area contributed by atoms with E-state index in [1.165, 1.54) is 4.88 Å². The van der Waals surface area contributed by atoms with Crippen LogP contribution in [0.1, 0.15) is 18.2 Å². The summed E-state index contributed by atoms with van der Waals surface area (Å²) in [5, 5.41) is 0. The molecule has 2 nitrogen and oxygen atoms in total. The Hall–Kier alpha value is -0.0900. The van der Waals surface area contributed by atoms with Crippen LogP contribution >= 0.6 is 22.9 Å². The summed E-state index contributed by atoms with van der Waals surface area (Å²) in [7, 11) is 2.13. The van der Waals surface area contributed by atoms with Crippen LogP contribution in [0.2, 0.25) is 4.34 Å². The van der Waals surface area contributed by atoms with Crippen LogP contribution in [0.15, 0.2) is 12.1 Å². The molecule has 0 amide bonds. The Bertz CT molecular complexity index is 284. The third-order valence-corrected chi connectivity index (χ3v) is 3.75. The van der Waals surface area contributed by atoms with Crippen LogP contribution in [0.25, 0.3) is 0 Å². The van der Waals surface area contributed by atoms with E-state index in [1.54, 1.807) is 11.3 Å². The van der Waals surface area contributed by atoms with Gasteiger partial charge in [0.25, 0.3) is 0 Å². The highest BCUT2D eigenvalue weighted by Crippen LogP contribution is 2.22. The summed E-state index contributed by atoms with van der Waals surface area (Å²) in [5.74, 6) is 0.602. The van der Waals surface area contributed by atoms with E-state index in [1.807, 2.05) is 6.07 Å². The molecule has 0 aliphatic rings. The van der Waals surface area contributed by atoms with Crippen LogP contribution in [0, 0.1) is 5.92 Å². The van der Waals surface area contributed by atoms with Crippen molar-refractivity contribution in [1.29, 1.82) is 0 Å². The fraction of sp³-hybridized carbons (Fsp3) is 0.636. The Kier molecular flexibility index (Phi) is 5.61. The summed E-state index contributed by atoms with van der Waals surface area (Å²) in [5.41, 5.74) is 5.68. The molecule has 0 aliphatic heterocycles. The monoisotopic (exact) mass is 246 g/mol. The molecule has 1 rings (SSSR count). The van der Waals surface area contributed by atoms with E-state index in [-0.39, 0.29) is 0 Å². The van der Waals surface area contributed by atoms with Gasteiger partial charge in [-0.1, -0.05) is 24.9 Å². The Morgan fingerprint density at radius 1 is 1.53 bits per heavy atom. The van der Waals surface area contributed by atoms with E-state index in [0.717, 1.165) is 30.4 Å². The molecule has 2 N–H and O–H groups in total. The molecule has 0 saturated heterocycles. The molecular weight excluding hydrogens is 228 g/mol. The van der Waals surface area contributed by atoms with E-state index in [4.69, 9.17) is 17.3 Å². The molecule has 0 aromatic carbocycles. The van der Waals surface area contributed by atoms with E-state index in [9.17, 15) is 0 Å². The topological polar surface area (TPSA) is 29.3 Å². The summed E-state index contributed by atoms with van der Waals surface area (Å²) in [6.45, 7) is 4.98. The molecule has 86 valence electrons. The van der Waals surface area contributed by atoms with Gasteiger partial charge in [-0.2, -0.15) is 0 Å². The van der Waals surface area contributed by atoms with Crippen molar-refractivity contribution in [2.75, 3.05) is 20.1 Å². The first kappa shape index (κ1) is 13.0. The highest BCUT2D eigenvalue weighted by Gasteiger charge is 2.09. The molecule has 0 saturated carbocycles. The number of nitrogens with zero attached hydrogens (tertiary/aromatic N) is 1. The van der Waals surface area contributed by atoms with Crippen molar-refractivity contribution in [3.8, 4) is 0 Å². The largest absolute Gasteiger partial charge is 0.330 e. The number of hydrogen-bond acceptors (Lipinski definition) is 3. The number of nitrogens with two attached hydrogens (primary N) is 1. The first-order valence-corrected chi connectivity index (χ1v) is 6.48. The summed E-state index contributed by atoms with van der Waals surface area (Å²) in [6, 6.07) is 4.04. The van der Waals surface area contributed by atoms with Crippen molar-refractivity contribution in [3.63, 3.8) is 0 Å². The highest BCUT2D eigenvalue weighted by molar-refractivity contribution is 7.16. The average Bonchev–Trinajstić information content (AvgIpc) is 2.60. The maximum Gasteiger partial charge on any atom is 0.0931 e. The zero-order chi connectivity index (χ0) is 11.3. The summed E-state index contributed by atoms with van der Waals surface area (Å²) < 4.78 is 0.865. The van der Waals surface area contributed by atoms with Crippen molar-refractivity contribution in [2.24, 2.45) is 11.7 Å². The first-order valence-electron chi connectivity index (χ1n) is 5.28. The van der Waals surface area contributed by atoms with Gasteiger partial charge in [-0.3, -0.25) is 0 Å². The Morgan fingerprint density at radius 2 is 2.27 bits per heavy atom. The lowest BCUT2D eigenvalue weighted by Crippen LogP contribution is -2.29. The van der Waals surface area contributed by atoms with Gasteiger partial charge >= 0.3 is 0 Å². The van der Waals surface area contributed by atoms with Crippen molar-refractivity contribution in [1.82, 2.24) is 4.90 Å². The average molecular weight is 247 g/mol. The maximum atomic E-state index is 5.88. The number of rotatable bonds is 6. The second-order valence-electron chi connectivity index (χ2n) is 3.91. The van der Waals surface area contributed by atoms with Gasteiger partial charge in [0.15, 0.2) is 0 Å². The molecule has 0 radical (unpaired) electrons. The van der Waals surface area contributed by atoms with Crippen molar-refractivity contribution < 1.29 is 0 Å². The number of halogens is 1. The van der Waals surface area contributed by atoms with E-state index in [2.05, 4.69) is 24.9 Å². The van der Waals surface area contributed by atoms with Crippen molar-refractivity contribution in [2.45, 2.75) is 19.9 Å². The van der Waals surface area contributed by atoms with E-state index < -0.39 is 0 Å². The van der Waals surface area contributed by atoms with Gasteiger partial charge in [-0.25, -0.2) is 0 Å². The molecule has 1 atom stereocenters. The molecule has 1 aromatic heterocycles. The normalized spacial score (nSPS) is 13.4. The molecule has 4 heteroatoms. The maximum absolute atomic E-state index is 5.88. The SMILES string of the molecule is CCC(CN)CN(C)Cc1ccc(Cl)s1. The molecule has 0 aliphatic carbocycles. The van der Waals surface area contributed by atoms with Crippen LogP contribution < -0.4 is 5.73 Å². The smallest absolute Gasteiger partial charge is 0.0931 e. The second-order valence-corrected chi connectivity index (χ2v) is 5.71. The quantitative estimate of drug-likeness (QED) is 0.837. The van der Waals surface area contributed by atoms with Crippen LogP contribution in [0.5, 0.6) is 0 Å². The molecule has 1 aromatic rings. The zero-order valence-corrected chi connectivity index (χ0v) is 10.9.